The lowest BCUT2D eigenvalue weighted by molar-refractivity contribution is -0.120. The summed E-state index contributed by atoms with van der Waals surface area (Å²) in [7, 11) is -2.09. The molecule has 1 aliphatic rings. The van der Waals surface area contributed by atoms with Crippen molar-refractivity contribution in [3.05, 3.63) is 47.1 Å². The first-order valence-electron chi connectivity index (χ1n) is 9.55. The van der Waals surface area contributed by atoms with Crippen molar-refractivity contribution in [3.63, 3.8) is 0 Å². The number of halogens is 1. The molecule has 1 N–H and O–H groups in total. The lowest BCUT2D eigenvalue weighted by atomic mass is 9.99. The molecule has 10 heteroatoms. The highest BCUT2D eigenvalue weighted by Gasteiger charge is 2.33. The summed E-state index contributed by atoms with van der Waals surface area (Å²) in [5.74, 6) is -0.413. The van der Waals surface area contributed by atoms with Gasteiger partial charge in [0.25, 0.3) is 0 Å². The van der Waals surface area contributed by atoms with E-state index in [9.17, 15) is 13.2 Å². The molecular weight excluding hydrogens is 474 g/mol. The Morgan fingerprint density at radius 1 is 1.27 bits per heavy atom. The molecule has 1 aromatic heterocycles. The van der Waals surface area contributed by atoms with Gasteiger partial charge in [0.15, 0.2) is 0 Å². The molecule has 2 heterocycles. The predicted octanol–water partition coefficient (Wildman–Crippen LogP) is 2.91. The van der Waals surface area contributed by atoms with E-state index in [4.69, 9.17) is 9.47 Å². The van der Waals surface area contributed by atoms with Crippen LogP contribution in [0.4, 0.5) is 5.69 Å². The van der Waals surface area contributed by atoms with Crippen molar-refractivity contribution in [1.82, 2.24) is 9.29 Å². The van der Waals surface area contributed by atoms with E-state index in [1.54, 1.807) is 49.7 Å². The molecule has 0 radical (unpaired) electrons. The average Bonchev–Trinajstić information content (AvgIpc) is 2.75. The molecule has 8 nitrogen and oxygen atoms in total. The average molecular weight is 498 g/mol. The van der Waals surface area contributed by atoms with Crippen molar-refractivity contribution in [3.8, 4) is 5.88 Å². The maximum Gasteiger partial charge on any atom is 0.243 e. The monoisotopic (exact) mass is 497 g/mol. The van der Waals surface area contributed by atoms with E-state index in [0.29, 0.717) is 44.2 Å². The van der Waals surface area contributed by atoms with Crippen molar-refractivity contribution >= 4 is 37.5 Å². The van der Waals surface area contributed by atoms with E-state index in [0.717, 1.165) is 4.47 Å². The van der Waals surface area contributed by atoms with Crippen LogP contribution in [-0.4, -0.2) is 57.0 Å². The molecule has 1 aromatic carbocycles. The Labute approximate surface area is 184 Å². The van der Waals surface area contributed by atoms with Crippen LogP contribution in [0.5, 0.6) is 5.88 Å². The minimum atomic E-state index is -3.66. The van der Waals surface area contributed by atoms with E-state index in [2.05, 4.69) is 26.2 Å². The number of nitrogens with one attached hydrogen (secondary N) is 1. The maximum absolute atomic E-state index is 13.0. The van der Waals surface area contributed by atoms with Crippen molar-refractivity contribution < 1.29 is 22.7 Å². The molecule has 0 aliphatic carbocycles. The summed E-state index contributed by atoms with van der Waals surface area (Å²) in [5, 5.41) is 2.83. The number of sulfonamides is 1. The third-order valence-corrected chi connectivity index (χ3v) is 7.17. The second-order valence-electron chi connectivity index (χ2n) is 6.84. The normalized spacial score (nSPS) is 17.5. The van der Waals surface area contributed by atoms with Crippen molar-refractivity contribution in [1.29, 1.82) is 0 Å². The van der Waals surface area contributed by atoms with Gasteiger partial charge in [0.05, 0.1) is 17.4 Å². The van der Waals surface area contributed by atoms with Gasteiger partial charge in [-0.3, -0.25) is 4.79 Å². The second kappa shape index (κ2) is 10.3. The molecule has 1 aliphatic heterocycles. The van der Waals surface area contributed by atoms with Crippen molar-refractivity contribution in [2.45, 2.75) is 17.7 Å². The summed E-state index contributed by atoms with van der Waals surface area (Å²) >= 11 is 3.31. The fourth-order valence-corrected chi connectivity index (χ4v) is 4.98. The highest BCUT2D eigenvalue weighted by molar-refractivity contribution is 9.10. The predicted molar refractivity (Wildman–Crippen MR) is 116 cm³/mol. The first-order chi connectivity index (χ1) is 14.4. The topological polar surface area (TPSA) is 97.8 Å². The van der Waals surface area contributed by atoms with Gasteiger partial charge in [0.2, 0.25) is 21.8 Å². The molecule has 1 saturated heterocycles. The molecule has 30 heavy (non-hydrogen) atoms. The zero-order chi connectivity index (χ0) is 21.6. The Balaban J connectivity index is 1.68. The molecule has 3 rings (SSSR count). The summed E-state index contributed by atoms with van der Waals surface area (Å²) < 4.78 is 38.6. The molecule has 2 aromatic rings. The first-order valence-corrected chi connectivity index (χ1v) is 11.8. The molecule has 0 saturated carbocycles. The zero-order valence-electron chi connectivity index (χ0n) is 16.6. The Kier molecular flexibility index (Phi) is 7.81. The number of piperidine rings is 1. The summed E-state index contributed by atoms with van der Waals surface area (Å²) in [5.41, 5.74) is 0.450. The van der Waals surface area contributed by atoms with Crippen LogP contribution in [0, 0.1) is 5.92 Å². The number of carbonyl (C=O) groups excluding carboxylic acids is 1. The molecule has 1 unspecified atom stereocenters. The van der Waals surface area contributed by atoms with Gasteiger partial charge < -0.3 is 14.8 Å². The quantitative estimate of drug-likeness (QED) is 0.563. The Bertz CT molecular complexity index is 969. The molecule has 1 atom stereocenters. The molecule has 0 spiro atoms. The number of ether oxygens (including phenoxy) is 2. The summed E-state index contributed by atoms with van der Waals surface area (Å²) in [6, 6.07) is 9.89. The maximum atomic E-state index is 13.0. The van der Waals surface area contributed by atoms with Crippen LogP contribution in [0.1, 0.15) is 12.8 Å². The number of methoxy groups -OCH3 is 1. The Morgan fingerprint density at radius 3 is 2.77 bits per heavy atom. The fraction of sp³-hybridized carbons (Fsp3) is 0.400. The highest BCUT2D eigenvalue weighted by atomic mass is 79.9. The molecule has 0 bridgehead atoms. The van der Waals surface area contributed by atoms with Crippen molar-refractivity contribution in [2.75, 3.05) is 38.7 Å². The number of pyridine rings is 1. The van der Waals surface area contributed by atoms with Gasteiger partial charge in [-0.15, -0.1) is 0 Å². The van der Waals surface area contributed by atoms with Crippen molar-refractivity contribution in [2.24, 2.45) is 5.92 Å². The van der Waals surface area contributed by atoms with E-state index in [-0.39, 0.29) is 17.3 Å². The molecule has 1 amide bonds. The van der Waals surface area contributed by atoms with E-state index >= 15 is 0 Å². The van der Waals surface area contributed by atoms with Crippen LogP contribution >= 0.6 is 15.9 Å². The lowest BCUT2D eigenvalue weighted by Crippen LogP contribution is -2.43. The highest BCUT2D eigenvalue weighted by Crippen LogP contribution is 2.27. The summed E-state index contributed by atoms with van der Waals surface area (Å²) in [6.45, 7) is 1.22. The smallest absolute Gasteiger partial charge is 0.243 e. The number of hydrogen-bond acceptors (Lipinski definition) is 6. The number of nitrogens with zero attached hydrogens (tertiary/aromatic N) is 2. The van der Waals surface area contributed by atoms with Crippen LogP contribution in [0.15, 0.2) is 52.0 Å². The molecular formula is C20H24BrN3O5S. The van der Waals surface area contributed by atoms with Gasteiger partial charge in [-0.05, 0) is 49.2 Å². The van der Waals surface area contributed by atoms with E-state index in [1.165, 1.54) is 4.31 Å². The minimum absolute atomic E-state index is 0.129. The van der Waals surface area contributed by atoms with Gasteiger partial charge in [0, 0.05) is 30.9 Å². The number of rotatable bonds is 8. The summed E-state index contributed by atoms with van der Waals surface area (Å²) in [6.07, 6.45) is 2.79. The minimum Gasteiger partial charge on any atom is -0.474 e. The van der Waals surface area contributed by atoms with Crippen LogP contribution in [0.2, 0.25) is 0 Å². The number of benzene rings is 1. The SMILES string of the molecule is COCCOc1ncccc1NC(=O)C1CCCN(S(=O)(=O)c2ccc(Br)cc2)C1. The molecule has 162 valence electrons. The van der Waals surface area contributed by atoms with E-state index in [1.807, 2.05) is 0 Å². The van der Waals surface area contributed by atoms with Gasteiger partial charge >= 0.3 is 0 Å². The van der Waals surface area contributed by atoms with Crippen LogP contribution in [-0.2, 0) is 19.6 Å². The van der Waals surface area contributed by atoms with Crippen LogP contribution in [0.3, 0.4) is 0 Å². The first kappa shape index (κ1) is 22.7. The Hall–Kier alpha value is -2.01. The summed E-state index contributed by atoms with van der Waals surface area (Å²) in [4.78, 5) is 17.2. The second-order valence-corrected chi connectivity index (χ2v) is 9.70. The third kappa shape index (κ3) is 5.57. The number of aromatic nitrogens is 1. The zero-order valence-corrected chi connectivity index (χ0v) is 19.0. The number of hydrogen-bond donors (Lipinski definition) is 1. The van der Waals surface area contributed by atoms with Crippen LogP contribution in [0.25, 0.3) is 0 Å². The van der Waals surface area contributed by atoms with Crippen LogP contribution < -0.4 is 10.1 Å². The standard InChI is InChI=1S/C20H24BrN3O5S/c1-28-12-13-29-20-18(5-2-10-22-20)23-19(25)15-4-3-11-24(14-15)30(26,27)17-8-6-16(21)7-9-17/h2,5-10,15H,3-4,11-14H2,1H3,(H,23,25). The Morgan fingerprint density at radius 2 is 2.03 bits per heavy atom. The number of carbonyl (C=O) groups is 1. The largest absolute Gasteiger partial charge is 0.474 e. The van der Waals surface area contributed by atoms with Gasteiger partial charge in [-0.2, -0.15) is 4.31 Å². The fourth-order valence-electron chi connectivity index (χ4n) is 3.19. The number of anilines is 1. The van der Waals surface area contributed by atoms with Gasteiger partial charge in [0.1, 0.15) is 12.3 Å². The van der Waals surface area contributed by atoms with Gasteiger partial charge in [-0.1, -0.05) is 15.9 Å². The van der Waals surface area contributed by atoms with E-state index < -0.39 is 15.9 Å². The van der Waals surface area contributed by atoms with Gasteiger partial charge in [-0.25, -0.2) is 13.4 Å². The third-order valence-electron chi connectivity index (χ3n) is 4.76. The molecule has 1 fully saturated rings. The lowest BCUT2D eigenvalue weighted by Gasteiger charge is -2.31. The number of amides is 1.